The lowest BCUT2D eigenvalue weighted by molar-refractivity contribution is -0.125. The van der Waals surface area contributed by atoms with E-state index in [1.165, 1.54) is 0 Å². The quantitative estimate of drug-likeness (QED) is 0.477. The van der Waals surface area contributed by atoms with Crippen LogP contribution >= 0.6 is 0 Å². The van der Waals surface area contributed by atoms with Gasteiger partial charge in [0.25, 0.3) is 5.91 Å². The van der Waals surface area contributed by atoms with Gasteiger partial charge in [0.2, 0.25) is 6.10 Å². The fourth-order valence-corrected chi connectivity index (χ4v) is 3.07. The third-order valence-corrected chi connectivity index (χ3v) is 4.61. The average molecular weight is 413 g/mol. The lowest BCUT2D eigenvalue weighted by atomic mass is 10.1. The number of anilines is 1. The SMILES string of the molecule is COc1cccc(NC(=O)[C@H](OC(=O)c2ccc3nccnc3c2)c2ccccc2)c1. The van der Waals surface area contributed by atoms with Crippen molar-refractivity contribution in [1.29, 1.82) is 0 Å². The van der Waals surface area contributed by atoms with Crippen molar-refractivity contribution in [2.24, 2.45) is 0 Å². The first-order valence-corrected chi connectivity index (χ1v) is 9.55. The van der Waals surface area contributed by atoms with E-state index < -0.39 is 18.0 Å². The minimum absolute atomic E-state index is 0.281. The Hall–Kier alpha value is -4.26. The van der Waals surface area contributed by atoms with E-state index in [1.54, 1.807) is 86.2 Å². The smallest absolute Gasteiger partial charge is 0.339 e. The van der Waals surface area contributed by atoms with E-state index in [0.29, 0.717) is 28.0 Å². The molecule has 1 heterocycles. The standard InChI is InChI=1S/C24H19N3O4/c1-30-19-9-5-8-18(15-19)27-23(28)22(16-6-3-2-4-7-16)31-24(29)17-10-11-20-21(14-17)26-13-12-25-20/h2-15,22H,1H3,(H,27,28)/t22-/m1/s1. The van der Waals surface area contributed by atoms with Gasteiger partial charge in [-0.15, -0.1) is 0 Å². The van der Waals surface area contributed by atoms with Crippen molar-refractivity contribution in [2.45, 2.75) is 6.10 Å². The molecule has 0 radical (unpaired) electrons. The molecule has 1 N–H and O–H groups in total. The summed E-state index contributed by atoms with van der Waals surface area (Å²) >= 11 is 0. The van der Waals surface area contributed by atoms with Crippen LogP contribution in [0.2, 0.25) is 0 Å². The number of carbonyl (C=O) groups is 2. The van der Waals surface area contributed by atoms with Crippen molar-refractivity contribution < 1.29 is 19.1 Å². The highest BCUT2D eigenvalue weighted by Crippen LogP contribution is 2.24. The molecule has 0 fully saturated rings. The van der Waals surface area contributed by atoms with Crippen molar-refractivity contribution in [1.82, 2.24) is 9.97 Å². The van der Waals surface area contributed by atoms with Crippen molar-refractivity contribution in [3.8, 4) is 5.75 Å². The normalized spacial score (nSPS) is 11.5. The molecular weight excluding hydrogens is 394 g/mol. The molecule has 0 saturated carbocycles. The third kappa shape index (κ3) is 4.67. The molecule has 0 aliphatic rings. The van der Waals surface area contributed by atoms with Gasteiger partial charge < -0.3 is 14.8 Å². The van der Waals surface area contributed by atoms with Crippen LogP contribution in [0.15, 0.2) is 85.2 Å². The number of nitrogens with zero attached hydrogens (tertiary/aromatic N) is 2. The summed E-state index contributed by atoms with van der Waals surface area (Å²) < 4.78 is 10.8. The monoisotopic (exact) mass is 413 g/mol. The number of carbonyl (C=O) groups excluding carboxylic acids is 2. The van der Waals surface area contributed by atoms with Gasteiger partial charge in [-0.05, 0) is 30.3 Å². The number of methoxy groups -OCH3 is 1. The van der Waals surface area contributed by atoms with Crippen LogP contribution in [-0.4, -0.2) is 29.0 Å². The first-order valence-electron chi connectivity index (χ1n) is 9.55. The molecule has 4 aromatic rings. The van der Waals surface area contributed by atoms with E-state index in [9.17, 15) is 9.59 Å². The van der Waals surface area contributed by atoms with Crippen LogP contribution in [0.25, 0.3) is 11.0 Å². The Morgan fingerprint density at radius 2 is 1.65 bits per heavy atom. The Morgan fingerprint density at radius 3 is 2.42 bits per heavy atom. The van der Waals surface area contributed by atoms with Gasteiger partial charge in [0, 0.05) is 29.7 Å². The molecule has 31 heavy (non-hydrogen) atoms. The number of fused-ring (bicyclic) bond motifs is 1. The summed E-state index contributed by atoms with van der Waals surface area (Å²) in [5, 5.41) is 2.78. The van der Waals surface area contributed by atoms with Crippen LogP contribution in [0, 0.1) is 0 Å². The van der Waals surface area contributed by atoms with E-state index in [0.717, 1.165) is 0 Å². The summed E-state index contributed by atoms with van der Waals surface area (Å²) in [5.74, 6) is -0.515. The minimum atomic E-state index is -1.14. The second-order valence-electron chi connectivity index (χ2n) is 6.68. The molecule has 7 nitrogen and oxygen atoms in total. The maximum atomic E-state index is 13.0. The number of aromatic nitrogens is 2. The van der Waals surface area contributed by atoms with Gasteiger partial charge in [0.15, 0.2) is 0 Å². The topological polar surface area (TPSA) is 90.4 Å². The van der Waals surface area contributed by atoms with E-state index >= 15 is 0 Å². The third-order valence-electron chi connectivity index (χ3n) is 4.61. The second-order valence-corrected chi connectivity index (χ2v) is 6.68. The van der Waals surface area contributed by atoms with E-state index in [1.807, 2.05) is 6.07 Å². The second kappa shape index (κ2) is 9.04. The fraction of sp³-hybridized carbons (Fsp3) is 0.0833. The van der Waals surface area contributed by atoms with Gasteiger partial charge >= 0.3 is 5.97 Å². The first-order chi connectivity index (χ1) is 15.1. The van der Waals surface area contributed by atoms with Gasteiger partial charge in [-0.2, -0.15) is 0 Å². The van der Waals surface area contributed by atoms with Gasteiger partial charge in [0.1, 0.15) is 5.75 Å². The molecule has 0 spiro atoms. The molecule has 3 aromatic carbocycles. The van der Waals surface area contributed by atoms with Crippen LogP contribution < -0.4 is 10.1 Å². The molecule has 154 valence electrons. The van der Waals surface area contributed by atoms with E-state index in [2.05, 4.69) is 15.3 Å². The summed E-state index contributed by atoms with van der Waals surface area (Å²) in [4.78, 5) is 34.3. The number of hydrogen-bond acceptors (Lipinski definition) is 6. The van der Waals surface area contributed by atoms with Gasteiger partial charge in [-0.1, -0.05) is 36.4 Å². The zero-order valence-corrected chi connectivity index (χ0v) is 16.7. The zero-order chi connectivity index (χ0) is 21.6. The molecule has 0 saturated heterocycles. The minimum Gasteiger partial charge on any atom is -0.497 e. The predicted molar refractivity (Wildman–Crippen MR) is 116 cm³/mol. The highest BCUT2D eigenvalue weighted by Gasteiger charge is 2.26. The van der Waals surface area contributed by atoms with Crippen LogP contribution in [0.5, 0.6) is 5.75 Å². The lowest BCUT2D eigenvalue weighted by Crippen LogP contribution is -2.26. The molecule has 0 bridgehead atoms. The number of hydrogen-bond donors (Lipinski definition) is 1. The molecule has 0 aliphatic carbocycles. The van der Waals surface area contributed by atoms with Crippen LogP contribution in [0.1, 0.15) is 22.0 Å². The molecule has 1 atom stereocenters. The zero-order valence-electron chi connectivity index (χ0n) is 16.7. The maximum absolute atomic E-state index is 13.0. The summed E-state index contributed by atoms with van der Waals surface area (Å²) in [6.07, 6.45) is 1.98. The highest BCUT2D eigenvalue weighted by molar-refractivity contribution is 5.99. The fourth-order valence-electron chi connectivity index (χ4n) is 3.07. The average Bonchev–Trinajstić information content (AvgIpc) is 2.82. The summed E-state index contributed by atoms with van der Waals surface area (Å²) in [7, 11) is 1.55. The van der Waals surface area contributed by atoms with Crippen LogP contribution in [-0.2, 0) is 9.53 Å². The van der Waals surface area contributed by atoms with Gasteiger partial charge in [0.05, 0.1) is 23.7 Å². The Bertz CT molecular complexity index is 1230. The van der Waals surface area contributed by atoms with Gasteiger partial charge in [-0.25, -0.2) is 4.79 Å². The number of nitrogens with one attached hydrogen (secondary N) is 1. The van der Waals surface area contributed by atoms with Crippen LogP contribution in [0.4, 0.5) is 5.69 Å². The molecule has 1 aromatic heterocycles. The number of benzene rings is 3. The highest BCUT2D eigenvalue weighted by atomic mass is 16.5. The van der Waals surface area contributed by atoms with Crippen molar-refractivity contribution in [3.05, 3.63) is 96.3 Å². The summed E-state index contributed by atoms with van der Waals surface area (Å²) in [6.45, 7) is 0. The molecule has 1 amide bonds. The Balaban J connectivity index is 1.59. The molecular formula is C24H19N3O4. The van der Waals surface area contributed by atoms with Crippen molar-refractivity contribution >= 4 is 28.6 Å². The van der Waals surface area contributed by atoms with Crippen molar-refractivity contribution in [2.75, 3.05) is 12.4 Å². The molecule has 7 heteroatoms. The summed E-state index contributed by atoms with van der Waals surface area (Å²) in [6, 6.07) is 20.7. The van der Waals surface area contributed by atoms with E-state index in [-0.39, 0.29) is 5.56 Å². The maximum Gasteiger partial charge on any atom is 0.339 e. The van der Waals surface area contributed by atoms with Crippen molar-refractivity contribution in [3.63, 3.8) is 0 Å². The Morgan fingerprint density at radius 1 is 0.871 bits per heavy atom. The molecule has 0 unspecified atom stereocenters. The van der Waals surface area contributed by atoms with Crippen LogP contribution in [0.3, 0.4) is 0 Å². The van der Waals surface area contributed by atoms with E-state index in [4.69, 9.17) is 9.47 Å². The summed E-state index contributed by atoms with van der Waals surface area (Å²) in [5.41, 5.74) is 2.59. The Kier molecular flexibility index (Phi) is 5.84. The predicted octanol–water partition coefficient (Wildman–Crippen LogP) is 4.18. The van der Waals surface area contributed by atoms with Gasteiger partial charge in [-0.3, -0.25) is 14.8 Å². The number of ether oxygens (including phenoxy) is 2. The molecule has 0 aliphatic heterocycles. The lowest BCUT2D eigenvalue weighted by Gasteiger charge is -2.18. The largest absolute Gasteiger partial charge is 0.497 e. The number of amides is 1. The Labute approximate surface area is 178 Å². The number of esters is 1. The first kappa shape index (κ1) is 20.0. The number of rotatable bonds is 6. The molecule has 4 rings (SSSR count).